The molecule has 0 aliphatic carbocycles. The van der Waals surface area contributed by atoms with Gasteiger partial charge < -0.3 is 37.3 Å². The maximum absolute atomic E-state index is 12.7. The van der Waals surface area contributed by atoms with Crippen LogP contribution in [0.3, 0.4) is 0 Å². The lowest BCUT2D eigenvalue weighted by atomic mass is 10.1. The molecule has 14 heteroatoms. The van der Waals surface area contributed by atoms with E-state index in [1.807, 2.05) is 0 Å². The molecule has 2 amide bonds. The van der Waals surface area contributed by atoms with Gasteiger partial charge in [-0.3, -0.25) is 19.2 Å². The van der Waals surface area contributed by atoms with Gasteiger partial charge in [0, 0.05) is 36.9 Å². The van der Waals surface area contributed by atoms with Gasteiger partial charge >= 0.3 is 11.9 Å². The van der Waals surface area contributed by atoms with Crippen molar-refractivity contribution in [3.8, 4) is 0 Å². The molecule has 3 atom stereocenters. The van der Waals surface area contributed by atoms with Crippen molar-refractivity contribution in [2.24, 2.45) is 11.5 Å². The molecule has 178 valence electrons. The smallest absolute Gasteiger partial charge is 0.327 e. The Balaban J connectivity index is 2.68. The number of aromatic nitrogens is 2. The minimum absolute atomic E-state index is 0.122. The average molecular weight is 473 g/mol. The Morgan fingerprint density at radius 3 is 2.28 bits per heavy atom. The predicted octanol–water partition coefficient (Wildman–Crippen LogP) is -1.80. The van der Waals surface area contributed by atoms with Gasteiger partial charge in [0.05, 0.1) is 6.33 Å². The van der Waals surface area contributed by atoms with Crippen LogP contribution in [0.1, 0.15) is 31.4 Å². The van der Waals surface area contributed by atoms with Crippen LogP contribution in [0, 0.1) is 0 Å². The number of rotatable bonds is 15. The number of hydrogen-bond acceptors (Lipinski definition) is 9. The van der Waals surface area contributed by atoms with Gasteiger partial charge in [-0.05, 0) is 19.4 Å². The van der Waals surface area contributed by atoms with E-state index >= 15 is 0 Å². The third kappa shape index (κ3) is 10.4. The summed E-state index contributed by atoms with van der Waals surface area (Å²) in [7, 11) is 0. The van der Waals surface area contributed by atoms with E-state index in [0.29, 0.717) is 30.4 Å². The lowest BCUT2D eigenvalue weighted by molar-refractivity contribution is -0.141. The molecule has 32 heavy (non-hydrogen) atoms. The Morgan fingerprint density at radius 2 is 1.72 bits per heavy atom. The first-order valence-electron chi connectivity index (χ1n) is 9.77. The molecule has 0 radical (unpaired) electrons. The molecular weight excluding hydrogens is 444 g/mol. The highest BCUT2D eigenvalue weighted by Crippen LogP contribution is 2.13. The highest BCUT2D eigenvalue weighted by Gasteiger charge is 2.27. The zero-order valence-corrected chi connectivity index (χ0v) is 18.1. The predicted molar refractivity (Wildman–Crippen MR) is 114 cm³/mol. The maximum Gasteiger partial charge on any atom is 0.327 e. The van der Waals surface area contributed by atoms with Crippen molar-refractivity contribution < 1.29 is 34.2 Å². The molecule has 0 aliphatic heterocycles. The summed E-state index contributed by atoms with van der Waals surface area (Å²) in [5.74, 6) is -4.00. The Morgan fingerprint density at radius 1 is 1.06 bits per heavy atom. The van der Waals surface area contributed by atoms with Crippen molar-refractivity contribution >= 4 is 40.6 Å². The van der Waals surface area contributed by atoms with E-state index in [9.17, 15) is 29.1 Å². The van der Waals surface area contributed by atoms with Crippen LogP contribution >= 0.6 is 11.8 Å². The summed E-state index contributed by atoms with van der Waals surface area (Å²) in [6.45, 7) is 0.318. The maximum atomic E-state index is 12.7. The summed E-state index contributed by atoms with van der Waals surface area (Å²) in [5.41, 5.74) is 11.3. The number of carbonyl (C=O) groups is 5. The molecule has 13 nitrogen and oxygen atoms in total. The Labute approximate surface area is 188 Å². The fourth-order valence-corrected chi connectivity index (χ4v) is 3.36. The second-order valence-electron chi connectivity index (χ2n) is 6.87. The Bertz CT molecular complexity index is 789. The first-order chi connectivity index (χ1) is 15.1. The molecule has 1 aromatic rings. The highest BCUT2D eigenvalue weighted by molar-refractivity contribution is 8.13. The van der Waals surface area contributed by atoms with E-state index in [0.717, 1.165) is 0 Å². The molecule has 0 saturated heterocycles. The van der Waals surface area contributed by atoms with Gasteiger partial charge in [-0.1, -0.05) is 11.8 Å². The number of hydrogen-bond donors (Lipinski definition) is 7. The number of imidazole rings is 1. The number of carboxylic acids is 2. The second kappa shape index (κ2) is 14.2. The van der Waals surface area contributed by atoms with Crippen LogP contribution in [0.5, 0.6) is 0 Å². The van der Waals surface area contributed by atoms with Crippen LogP contribution in [0.4, 0.5) is 0 Å². The molecule has 0 saturated carbocycles. The fourth-order valence-electron chi connectivity index (χ4n) is 2.46. The number of nitrogens with zero attached hydrogens (tertiary/aromatic N) is 1. The van der Waals surface area contributed by atoms with E-state index in [1.54, 1.807) is 0 Å². The number of carboxylic acid groups (broad SMARTS) is 2. The van der Waals surface area contributed by atoms with Crippen LogP contribution in [-0.2, 0) is 30.4 Å². The van der Waals surface area contributed by atoms with Crippen LogP contribution in [0.2, 0.25) is 0 Å². The fraction of sp³-hybridized carbons (Fsp3) is 0.556. The van der Waals surface area contributed by atoms with Crippen molar-refractivity contribution in [1.82, 2.24) is 20.6 Å². The molecule has 0 aliphatic rings. The van der Waals surface area contributed by atoms with Crippen molar-refractivity contribution in [1.29, 1.82) is 0 Å². The van der Waals surface area contributed by atoms with Crippen LogP contribution in [-0.4, -0.2) is 79.5 Å². The topological polar surface area (TPSA) is 231 Å². The Hall–Kier alpha value is -2.97. The average Bonchev–Trinajstić information content (AvgIpc) is 3.25. The van der Waals surface area contributed by atoms with Crippen molar-refractivity contribution in [2.45, 2.75) is 50.2 Å². The number of carbonyl (C=O) groups excluding carboxylic acids is 3. The summed E-state index contributed by atoms with van der Waals surface area (Å²) in [5, 5.41) is 22.4. The number of aliphatic carboxylic acids is 2. The summed E-state index contributed by atoms with van der Waals surface area (Å²) >= 11 is 0.653. The molecule has 1 heterocycles. The molecule has 9 N–H and O–H groups in total. The van der Waals surface area contributed by atoms with E-state index < -0.39 is 41.1 Å². The third-order valence-electron chi connectivity index (χ3n) is 4.23. The van der Waals surface area contributed by atoms with Gasteiger partial charge in [0.25, 0.3) is 0 Å². The summed E-state index contributed by atoms with van der Waals surface area (Å²) in [4.78, 5) is 65.5. The minimum atomic E-state index is -1.39. The summed E-state index contributed by atoms with van der Waals surface area (Å²) in [6.07, 6.45) is 3.18. The van der Waals surface area contributed by atoms with Crippen LogP contribution in [0.25, 0.3) is 0 Å². The van der Waals surface area contributed by atoms with Gasteiger partial charge in [0.15, 0.2) is 0 Å². The molecule has 0 fully saturated rings. The molecule has 1 aromatic heterocycles. The molecule has 3 unspecified atom stereocenters. The highest BCUT2D eigenvalue weighted by atomic mass is 32.2. The SMILES string of the molecule is NCCCC(=O)NC(Cc1cnc[nH]1)C(=O)SCC(NC(=O)CCC(N)C(=O)O)C(=O)O. The molecule has 0 spiro atoms. The van der Waals surface area contributed by atoms with E-state index in [-0.39, 0.29) is 37.3 Å². The monoisotopic (exact) mass is 472 g/mol. The van der Waals surface area contributed by atoms with Gasteiger partial charge in [0.2, 0.25) is 16.9 Å². The molecular formula is C18H28N6O7S. The number of nitrogens with two attached hydrogens (primary N) is 2. The third-order valence-corrected chi connectivity index (χ3v) is 5.30. The first kappa shape index (κ1) is 27.1. The Kier molecular flexibility index (Phi) is 12.0. The first-order valence-corrected chi connectivity index (χ1v) is 10.8. The van der Waals surface area contributed by atoms with E-state index in [2.05, 4.69) is 20.6 Å². The largest absolute Gasteiger partial charge is 0.480 e. The van der Waals surface area contributed by atoms with Gasteiger partial charge in [-0.25, -0.2) is 9.78 Å². The lowest BCUT2D eigenvalue weighted by Crippen LogP contribution is -2.45. The van der Waals surface area contributed by atoms with E-state index in [4.69, 9.17) is 16.6 Å². The zero-order chi connectivity index (χ0) is 24.1. The molecule has 0 aromatic carbocycles. The normalized spacial score (nSPS) is 13.6. The van der Waals surface area contributed by atoms with Crippen molar-refractivity contribution in [2.75, 3.05) is 12.3 Å². The summed E-state index contributed by atoms with van der Waals surface area (Å²) < 4.78 is 0. The number of thioether (sulfide) groups is 1. The zero-order valence-electron chi connectivity index (χ0n) is 17.3. The minimum Gasteiger partial charge on any atom is -0.480 e. The van der Waals surface area contributed by atoms with Gasteiger partial charge in [-0.2, -0.15) is 0 Å². The number of nitrogens with one attached hydrogen (secondary N) is 3. The number of aromatic amines is 1. The molecule has 0 bridgehead atoms. The van der Waals surface area contributed by atoms with E-state index in [1.165, 1.54) is 12.5 Å². The quantitative estimate of drug-likeness (QED) is 0.150. The standard InChI is InChI=1S/C18H28N6O7S/c19-5-1-2-14(25)23-12(6-10-7-21-9-22-10)18(31)32-8-13(17(29)30)24-15(26)4-3-11(20)16(27)28/h7,9,11-13H,1-6,8,19-20H2,(H,21,22)(H,23,25)(H,24,26)(H,27,28)(H,29,30). The van der Waals surface area contributed by atoms with Crippen molar-refractivity contribution in [3.63, 3.8) is 0 Å². The van der Waals surface area contributed by atoms with Crippen LogP contribution in [0.15, 0.2) is 12.5 Å². The van der Waals surface area contributed by atoms with Gasteiger partial charge in [0.1, 0.15) is 18.1 Å². The number of amides is 2. The summed E-state index contributed by atoms with van der Waals surface area (Å²) in [6, 6.07) is -3.58. The second-order valence-corrected chi connectivity index (χ2v) is 7.89. The van der Waals surface area contributed by atoms with Crippen molar-refractivity contribution in [3.05, 3.63) is 18.2 Å². The number of H-pyrrole nitrogens is 1. The van der Waals surface area contributed by atoms with Gasteiger partial charge in [-0.15, -0.1) is 0 Å². The molecule has 1 rings (SSSR count). The lowest BCUT2D eigenvalue weighted by Gasteiger charge is -2.19. The van der Waals surface area contributed by atoms with Crippen LogP contribution < -0.4 is 22.1 Å².